The summed E-state index contributed by atoms with van der Waals surface area (Å²) in [4.78, 5) is 2.30. The van der Waals surface area contributed by atoms with Gasteiger partial charge in [-0.3, -0.25) is 4.90 Å². The molecule has 0 aliphatic heterocycles. The molecule has 0 saturated heterocycles. The molecule has 0 aliphatic carbocycles. The molecule has 0 aliphatic rings. The lowest BCUT2D eigenvalue weighted by molar-refractivity contribution is 0.167. The second-order valence-electron chi connectivity index (χ2n) is 3.73. The summed E-state index contributed by atoms with van der Waals surface area (Å²) in [7, 11) is 0. The third-order valence-corrected chi connectivity index (χ3v) is 3.12. The van der Waals surface area contributed by atoms with Gasteiger partial charge in [0.15, 0.2) is 0 Å². The normalized spacial score (nSPS) is 11.5. The van der Waals surface area contributed by atoms with Crippen molar-refractivity contribution in [3.05, 3.63) is 22.4 Å². The average molecular weight is 213 g/mol. The highest BCUT2D eigenvalue weighted by Gasteiger charge is 2.08. The number of hydrogen-bond donors (Lipinski definition) is 1. The Morgan fingerprint density at radius 3 is 2.71 bits per heavy atom. The third kappa shape index (κ3) is 3.78. The molecule has 0 radical (unpaired) electrons. The van der Waals surface area contributed by atoms with Gasteiger partial charge in [0.1, 0.15) is 0 Å². The van der Waals surface area contributed by atoms with Crippen LogP contribution in [0.5, 0.6) is 0 Å². The number of aliphatic hydroxyl groups is 1. The molecule has 0 aromatic carbocycles. The quantitative estimate of drug-likeness (QED) is 0.781. The standard InChI is InChI=1S/C11H19NOS/c1-10(2)12(6-7-13)5-3-11-4-8-14-9-11/h4,8-10,13H,3,5-7H2,1-2H3. The van der Waals surface area contributed by atoms with E-state index in [2.05, 4.69) is 35.6 Å². The van der Waals surface area contributed by atoms with Crippen LogP contribution in [-0.2, 0) is 6.42 Å². The number of rotatable bonds is 6. The lowest BCUT2D eigenvalue weighted by Crippen LogP contribution is -2.35. The van der Waals surface area contributed by atoms with Crippen molar-refractivity contribution < 1.29 is 5.11 Å². The molecule has 1 aromatic heterocycles. The Morgan fingerprint density at radius 2 is 2.21 bits per heavy atom. The van der Waals surface area contributed by atoms with Gasteiger partial charge < -0.3 is 5.11 Å². The van der Waals surface area contributed by atoms with Crippen LogP contribution in [0.2, 0.25) is 0 Å². The molecule has 1 aromatic rings. The highest BCUT2D eigenvalue weighted by molar-refractivity contribution is 7.07. The van der Waals surface area contributed by atoms with E-state index < -0.39 is 0 Å². The molecule has 0 fully saturated rings. The molecule has 14 heavy (non-hydrogen) atoms. The fraction of sp³-hybridized carbons (Fsp3) is 0.636. The lowest BCUT2D eigenvalue weighted by Gasteiger charge is -2.25. The topological polar surface area (TPSA) is 23.5 Å². The smallest absolute Gasteiger partial charge is 0.0558 e. The van der Waals surface area contributed by atoms with Gasteiger partial charge in [0, 0.05) is 19.1 Å². The van der Waals surface area contributed by atoms with Gasteiger partial charge in [-0.05, 0) is 42.7 Å². The van der Waals surface area contributed by atoms with Crippen LogP contribution in [-0.4, -0.2) is 35.7 Å². The molecule has 2 nitrogen and oxygen atoms in total. The maximum absolute atomic E-state index is 8.90. The molecule has 0 spiro atoms. The minimum Gasteiger partial charge on any atom is -0.395 e. The summed E-state index contributed by atoms with van der Waals surface area (Å²) in [6.45, 7) is 6.41. The Hall–Kier alpha value is -0.380. The summed E-state index contributed by atoms with van der Waals surface area (Å²) in [5, 5.41) is 13.2. The van der Waals surface area contributed by atoms with Crippen molar-refractivity contribution in [2.75, 3.05) is 19.7 Å². The van der Waals surface area contributed by atoms with E-state index in [4.69, 9.17) is 5.11 Å². The first-order chi connectivity index (χ1) is 6.74. The molecular weight excluding hydrogens is 194 g/mol. The van der Waals surface area contributed by atoms with Gasteiger partial charge in [-0.2, -0.15) is 11.3 Å². The molecule has 3 heteroatoms. The summed E-state index contributed by atoms with van der Waals surface area (Å²) >= 11 is 1.75. The predicted octanol–water partition coefficient (Wildman–Crippen LogP) is 1.99. The van der Waals surface area contributed by atoms with E-state index in [0.29, 0.717) is 6.04 Å². The van der Waals surface area contributed by atoms with Crippen molar-refractivity contribution in [1.29, 1.82) is 0 Å². The Kier molecular flexibility index (Phi) is 5.15. The van der Waals surface area contributed by atoms with Crippen molar-refractivity contribution in [2.45, 2.75) is 26.3 Å². The maximum Gasteiger partial charge on any atom is 0.0558 e. The van der Waals surface area contributed by atoms with Gasteiger partial charge in [0.2, 0.25) is 0 Å². The van der Waals surface area contributed by atoms with Crippen LogP contribution >= 0.6 is 11.3 Å². The molecule has 0 unspecified atom stereocenters. The Labute approximate surface area is 90.2 Å². The highest BCUT2D eigenvalue weighted by Crippen LogP contribution is 2.08. The van der Waals surface area contributed by atoms with Gasteiger partial charge in [-0.1, -0.05) is 0 Å². The van der Waals surface area contributed by atoms with E-state index in [9.17, 15) is 0 Å². The fourth-order valence-electron chi connectivity index (χ4n) is 1.46. The van der Waals surface area contributed by atoms with Gasteiger partial charge in [-0.25, -0.2) is 0 Å². The SMILES string of the molecule is CC(C)N(CCO)CCc1ccsc1. The third-order valence-electron chi connectivity index (χ3n) is 2.39. The molecule has 0 amide bonds. The second kappa shape index (κ2) is 6.17. The van der Waals surface area contributed by atoms with Crippen LogP contribution in [0.15, 0.2) is 16.8 Å². The van der Waals surface area contributed by atoms with E-state index in [1.54, 1.807) is 11.3 Å². The molecule has 0 bridgehead atoms. The molecule has 0 saturated carbocycles. The van der Waals surface area contributed by atoms with E-state index in [1.807, 2.05) is 0 Å². The van der Waals surface area contributed by atoms with Crippen LogP contribution in [0.3, 0.4) is 0 Å². The first kappa shape index (κ1) is 11.7. The minimum absolute atomic E-state index is 0.252. The van der Waals surface area contributed by atoms with Crippen LogP contribution in [0.4, 0.5) is 0 Å². The summed E-state index contributed by atoms with van der Waals surface area (Å²) < 4.78 is 0. The van der Waals surface area contributed by atoms with Crippen LogP contribution in [0.1, 0.15) is 19.4 Å². The number of hydrogen-bond acceptors (Lipinski definition) is 3. The highest BCUT2D eigenvalue weighted by atomic mass is 32.1. The van der Waals surface area contributed by atoms with Gasteiger partial charge in [0.25, 0.3) is 0 Å². The van der Waals surface area contributed by atoms with Gasteiger partial charge in [-0.15, -0.1) is 0 Å². The zero-order valence-electron chi connectivity index (χ0n) is 8.94. The van der Waals surface area contributed by atoms with Crippen LogP contribution in [0, 0.1) is 0 Å². The van der Waals surface area contributed by atoms with Gasteiger partial charge in [0.05, 0.1) is 6.61 Å². The van der Waals surface area contributed by atoms with Crippen molar-refractivity contribution in [2.24, 2.45) is 0 Å². The number of thiophene rings is 1. The Balaban J connectivity index is 2.33. The van der Waals surface area contributed by atoms with Gasteiger partial charge >= 0.3 is 0 Å². The summed E-state index contributed by atoms with van der Waals surface area (Å²) in [6.07, 6.45) is 1.08. The molecular formula is C11H19NOS. The van der Waals surface area contributed by atoms with Crippen LogP contribution in [0.25, 0.3) is 0 Å². The van der Waals surface area contributed by atoms with E-state index in [1.165, 1.54) is 5.56 Å². The maximum atomic E-state index is 8.90. The number of aliphatic hydroxyl groups excluding tert-OH is 1. The van der Waals surface area contributed by atoms with Crippen molar-refractivity contribution in [1.82, 2.24) is 4.90 Å². The first-order valence-electron chi connectivity index (χ1n) is 5.10. The minimum atomic E-state index is 0.252. The molecule has 80 valence electrons. The first-order valence-corrected chi connectivity index (χ1v) is 6.04. The molecule has 0 atom stereocenters. The monoisotopic (exact) mass is 213 g/mol. The van der Waals surface area contributed by atoms with Crippen LogP contribution < -0.4 is 0 Å². The summed E-state index contributed by atoms with van der Waals surface area (Å²) in [5.41, 5.74) is 1.40. The molecule has 1 N–H and O–H groups in total. The summed E-state index contributed by atoms with van der Waals surface area (Å²) in [5.74, 6) is 0. The van der Waals surface area contributed by atoms with Crippen molar-refractivity contribution in [3.63, 3.8) is 0 Å². The Morgan fingerprint density at radius 1 is 1.43 bits per heavy atom. The fourth-order valence-corrected chi connectivity index (χ4v) is 2.17. The number of nitrogens with zero attached hydrogens (tertiary/aromatic N) is 1. The zero-order chi connectivity index (χ0) is 10.4. The van der Waals surface area contributed by atoms with E-state index in [0.717, 1.165) is 19.5 Å². The molecule has 1 rings (SSSR count). The summed E-state index contributed by atoms with van der Waals surface area (Å²) in [6, 6.07) is 2.68. The van der Waals surface area contributed by atoms with E-state index >= 15 is 0 Å². The second-order valence-corrected chi connectivity index (χ2v) is 4.51. The predicted molar refractivity (Wildman–Crippen MR) is 61.8 cm³/mol. The van der Waals surface area contributed by atoms with E-state index in [-0.39, 0.29) is 6.61 Å². The lowest BCUT2D eigenvalue weighted by atomic mass is 10.2. The van der Waals surface area contributed by atoms with Crippen molar-refractivity contribution in [3.8, 4) is 0 Å². The zero-order valence-corrected chi connectivity index (χ0v) is 9.76. The molecule has 1 heterocycles. The largest absolute Gasteiger partial charge is 0.395 e. The van der Waals surface area contributed by atoms with Crippen molar-refractivity contribution >= 4 is 11.3 Å². The Bertz CT molecular complexity index is 233. The average Bonchev–Trinajstić information content (AvgIpc) is 2.64.